The van der Waals surface area contributed by atoms with Gasteiger partial charge in [-0.2, -0.15) is 0 Å². The van der Waals surface area contributed by atoms with Crippen molar-refractivity contribution in [2.24, 2.45) is 0 Å². The van der Waals surface area contributed by atoms with Crippen molar-refractivity contribution in [1.29, 1.82) is 0 Å². The number of ether oxygens (including phenoxy) is 2. The quantitative estimate of drug-likeness (QED) is 0.681. The minimum absolute atomic E-state index is 0.128. The first kappa shape index (κ1) is 21.0. The van der Waals surface area contributed by atoms with Crippen LogP contribution in [-0.2, 0) is 27.4 Å². The molecule has 0 aliphatic carbocycles. The van der Waals surface area contributed by atoms with Crippen LogP contribution in [0, 0.1) is 0 Å². The Morgan fingerprint density at radius 3 is 2.29 bits per heavy atom. The summed E-state index contributed by atoms with van der Waals surface area (Å²) in [7, 11) is 1.56. The number of esters is 1. The highest BCUT2D eigenvalue weighted by atomic mass is 16.5. The van der Waals surface area contributed by atoms with Gasteiger partial charge in [-0.05, 0) is 30.7 Å². The molecule has 28 heavy (non-hydrogen) atoms. The van der Waals surface area contributed by atoms with Gasteiger partial charge in [-0.15, -0.1) is 0 Å². The minimum atomic E-state index is -0.943. The Bertz CT molecular complexity index is 833. The number of benzene rings is 2. The zero-order valence-corrected chi connectivity index (χ0v) is 16.2. The Morgan fingerprint density at radius 2 is 1.64 bits per heavy atom. The number of carbonyl (C=O) groups is 3. The first-order valence-electron chi connectivity index (χ1n) is 8.84. The van der Waals surface area contributed by atoms with Crippen LogP contribution >= 0.6 is 0 Å². The molecule has 2 aromatic rings. The summed E-state index contributed by atoms with van der Waals surface area (Å²) in [6, 6.07) is 14.0. The molecule has 1 unspecified atom stereocenters. The van der Waals surface area contributed by atoms with Gasteiger partial charge >= 0.3 is 5.97 Å². The van der Waals surface area contributed by atoms with Crippen LogP contribution in [0.5, 0.6) is 5.75 Å². The van der Waals surface area contributed by atoms with E-state index in [1.807, 2.05) is 18.2 Å². The Labute approximate surface area is 164 Å². The summed E-state index contributed by atoms with van der Waals surface area (Å²) in [6.45, 7) is 3.60. The van der Waals surface area contributed by atoms with Crippen molar-refractivity contribution in [3.05, 3.63) is 65.2 Å². The summed E-state index contributed by atoms with van der Waals surface area (Å²) < 4.78 is 10.5. The molecule has 0 aromatic heterocycles. The third-order valence-electron chi connectivity index (χ3n) is 4.03. The lowest BCUT2D eigenvalue weighted by atomic mass is 10.1. The van der Waals surface area contributed by atoms with Gasteiger partial charge in [-0.3, -0.25) is 9.59 Å². The molecule has 2 amide bonds. The second-order valence-electron chi connectivity index (χ2n) is 6.18. The van der Waals surface area contributed by atoms with E-state index in [4.69, 9.17) is 9.47 Å². The highest BCUT2D eigenvalue weighted by Gasteiger charge is 2.19. The normalized spacial score (nSPS) is 11.2. The van der Waals surface area contributed by atoms with E-state index in [9.17, 15) is 14.4 Å². The second kappa shape index (κ2) is 10.1. The Kier molecular flexibility index (Phi) is 7.56. The molecular weight excluding hydrogens is 360 g/mol. The molecule has 2 N–H and O–H groups in total. The average molecular weight is 384 g/mol. The van der Waals surface area contributed by atoms with Gasteiger partial charge in [0.1, 0.15) is 5.75 Å². The maximum Gasteiger partial charge on any atom is 0.338 e. The summed E-state index contributed by atoms with van der Waals surface area (Å²) in [5.74, 6) is -0.448. The largest absolute Gasteiger partial charge is 0.496 e. The van der Waals surface area contributed by atoms with Gasteiger partial charge in [-0.1, -0.05) is 30.3 Å². The minimum Gasteiger partial charge on any atom is -0.496 e. The van der Waals surface area contributed by atoms with Crippen LogP contribution in [0.4, 0.5) is 0 Å². The summed E-state index contributed by atoms with van der Waals surface area (Å²) in [6.07, 6.45) is -0.943. The predicted molar refractivity (Wildman–Crippen MR) is 104 cm³/mol. The third kappa shape index (κ3) is 6.12. The van der Waals surface area contributed by atoms with Crippen LogP contribution < -0.4 is 15.4 Å². The first-order valence-corrected chi connectivity index (χ1v) is 8.84. The Balaban J connectivity index is 1.87. The molecule has 2 aromatic carbocycles. The van der Waals surface area contributed by atoms with E-state index in [2.05, 4.69) is 10.6 Å². The molecule has 7 heteroatoms. The fraction of sp³-hybridized carbons (Fsp3) is 0.286. The summed E-state index contributed by atoms with van der Waals surface area (Å²) in [5, 5.41) is 5.41. The van der Waals surface area contributed by atoms with Crippen molar-refractivity contribution in [3.63, 3.8) is 0 Å². The van der Waals surface area contributed by atoms with Crippen LogP contribution in [0.25, 0.3) is 0 Å². The monoisotopic (exact) mass is 384 g/mol. The molecule has 2 rings (SSSR count). The molecular formula is C21H24N2O5. The zero-order valence-electron chi connectivity index (χ0n) is 16.2. The Morgan fingerprint density at radius 1 is 0.964 bits per heavy atom. The number of nitrogens with one attached hydrogen (secondary N) is 2. The number of para-hydroxylation sites is 1. The molecule has 1 atom stereocenters. The summed E-state index contributed by atoms with van der Waals surface area (Å²) in [4.78, 5) is 35.4. The first-order chi connectivity index (χ1) is 13.4. The summed E-state index contributed by atoms with van der Waals surface area (Å²) >= 11 is 0. The van der Waals surface area contributed by atoms with E-state index in [1.165, 1.54) is 13.8 Å². The molecule has 0 fully saturated rings. The molecule has 0 spiro atoms. The van der Waals surface area contributed by atoms with Crippen molar-refractivity contribution >= 4 is 17.8 Å². The number of hydrogen-bond donors (Lipinski definition) is 2. The molecule has 0 saturated heterocycles. The summed E-state index contributed by atoms with van der Waals surface area (Å²) in [5.41, 5.74) is 2.01. The van der Waals surface area contributed by atoms with E-state index in [1.54, 1.807) is 37.4 Å². The number of hydrogen-bond acceptors (Lipinski definition) is 5. The number of carbonyl (C=O) groups excluding carboxylic acids is 3. The number of methoxy groups -OCH3 is 1. The van der Waals surface area contributed by atoms with Crippen molar-refractivity contribution in [3.8, 4) is 5.75 Å². The third-order valence-corrected chi connectivity index (χ3v) is 4.03. The lowest BCUT2D eigenvalue weighted by Crippen LogP contribution is -2.35. The predicted octanol–water partition coefficient (Wildman–Crippen LogP) is 2.19. The highest BCUT2D eigenvalue weighted by Crippen LogP contribution is 2.16. The second-order valence-corrected chi connectivity index (χ2v) is 6.18. The lowest BCUT2D eigenvalue weighted by molar-refractivity contribution is -0.129. The van der Waals surface area contributed by atoms with Gasteiger partial charge in [0.25, 0.3) is 5.91 Å². The smallest absolute Gasteiger partial charge is 0.338 e. The maximum absolute atomic E-state index is 12.2. The average Bonchev–Trinajstić information content (AvgIpc) is 2.70. The topological polar surface area (TPSA) is 93.7 Å². The van der Waals surface area contributed by atoms with Crippen LogP contribution in [0.15, 0.2) is 48.5 Å². The van der Waals surface area contributed by atoms with Gasteiger partial charge < -0.3 is 20.1 Å². The van der Waals surface area contributed by atoms with Crippen LogP contribution in [0.1, 0.15) is 35.3 Å². The fourth-order valence-electron chi connectivity index (χ4n) is 2.44. The SMILES string of the molecule is COc1ccccc1CNC(=O)C(C)OC(=O)c1ccc(CNC(C)=O)cc1. The van der Waals surface area contributed by atoms with Gasteiger partial charge in [0.05, 0.1) is 12.7 Å². The van der Waals surface area contributed by atoms with E-state index in [-0.39, 0.29) is 12.5 Å². The molecule has 0 radical (unpaired) electrons. The molecule has 0 heterocycles. The molecule has 0 bridgehead atoms. The lowest BCUT2D eigenvalue weighted by Gasteiger charge is -2.15. The molecule has 0 aliphatic rings. The molecule has 0 saturated carbocycles. The Hall–Kier alpha value is -3.35. The highest BCUT2D eigenvalue weighted by molar-refractivity contribution is 5.92. The zero-order chi connectivity index (χ0) is 20.5. The van der Waals surface area contributed by atoms with E-state index in [0.717, 1.165) is 11.1 Å². The number of amides is 2. The van der Waals surface area contributed by atoms with E-state index in [0.29, 0.717) is 17.9 Å². The van der Waals surface area contributed by atoms with Gasteiger partial charge in [0, 0.05) is 25.6 Å². The van der Waals surface area contributed by atoms with E-state index >= 15 is 0 Å². The van der Waals surface area contributed by atoms with Gasteiger partial charge in [0.2, 0.25) is 5.91 Å². The standard InChI is InChI=1S/C21H24N2O5/c1-14(20(25)23-13-18-6-4-5-7-19(18)27-3)28-21(26)17-10-8-16(9-11-17)12-22-15(2)24/h4-11,14H,12-13H2,1-3H3,(H,22,24)(H,23,25). The number of rotatable bonds is 8. The van der Waals surface area contributed by atoms with Crippen molar-refractivity contribution in [1.82, 2.24) is 10.6 Å². The van der Waals surface area contributed by atoms with Crippen LogP contribution in [0.2, 0.25) is 0 Å². The molecule has 0 aliphatic heterocycles. The van der Waals surface area contributed by atoms with Crippen LogP contribution in [-0.4, -0.2) is 31.0 Å². The van der Waals surface area contributed by atoms with Crippen molar-refractivity contribution < 1.29 is 23.9 Å². The molecule has 148 valence electrons. The van der Waals surface area contributed by atoms with Gasteiger partial charge in [-0.25, -0.2) is 4.79 Å². The fourth-order valence-corrected chi connectivity index (χ4v) is 2.44. The van der Waals surface area contributed by atoms with Crippen molar-refractivity contribution in [2.75, 3.05) is 7.11 Å². The van der Waals surface area contributed by atoms with Gasteiger partial charge in [0.15, 0.2) is 6.10 Å². The van der Waals surface area contributed by atoms with Crippen molar-refractivity contribution in [2.45, 2.75) is 33.0 Å². The van der Waals surface area contributed by atoms with E-state index < -0.39 is 18.0 Å². The maximum atomic E-state index is 12.2. The molecule has 7 nitrogen and oxygen atoms in total. The van der Waals surface area contributed by atoms with Crippen LogP contribution in [0.3, 0.4) is 0 Å².